The molecule has 0 spiro atoms. The van der Waals surface area contributed by atoms with E-state index in [4.69, 9.17) is 4.74 Å². The first-order valence-electron chi connectivity index (χ1n) is 6.79. The second-order valence-corrected chi connectivity index (χ2v) is 4.43. The number of para-hydroxylation sites is 2. The minimum Gasteiger partial charge on any atom is -0.481 e. The standard InChI is InChI=1S/C16H13F3N2O3/c17-12-6-2-4-8-14(12)23-10-15(22)21-20-9-11-5-1-3-7-13(11)24-16(18)19/h1-9,16H,10H2,(H,21,22). The molecule has 0 aliphatic rings. The van der Waals surface area contributed by atoms with Gasteiger partial charge in [0.1, 0.15) is 5.75 Å². The number of nitrogens with zero attached hydrogens (tertiary/aromatic N) is 1. The average molecular weight is 338 g/mol. The van der Waals surface area contributed by atoms with Crippen LogP contribution in [0, 0.1) is 5.82 Å². The second-order valence-electron chi connectivity index (χ2n) is 4.43. The van der Waals surface area contributed by atoms with Crippen LogP contribution < -0.4 is 14.9 Å². The number of ether oxygens (including phenoxy) is 2. The van der Waals surface area contributed by atoms with Crippen LogP contribution in [0.1, 0.15) is 5.56 Å². The van der Waals surface area contributed by atoms with Crippen LogP contribution in [0.25, 0.3) is 0 Å². The zero-order valence-corrected chi connectivity index (χ0v) is 12.3. The van der Waals surface area contributed by atoms with Crippen molar-refractivity contribution < 1.29 is 27.4 Å². The summed E-state index contributed by atoms with van der Waals surface area (Å²) in [6.07, 6.45) is 1.15. The first kappa shape index (κ1) is 17.3. The predicted molar refractivity (Wildman–Crippen MR) is 80.7 cm³/mol. The monoisotopic (exact) mass is 338 g/mol. The summed E-state index contributed by atoms with van der Waals surface area (Å²) in [7, 11) is 0. The number of hydrogen-bond donors (Lipinski definition) is 1. The molecule has 2 aromatic carbocycles. The Hall–Kier alpha value is -3.03. The summed E-state index contributed by atoms with van der Waals surface area (Å²) in [6, 6.07) is 11.6. The lowest BCUT2D eigenvalue weighted by atomic mass is 10.2. The Labute approximate surface area is 135 Å². The van der Waals surface area contributed by atoms with Crippen molar-refractivity contribution in [2.24, 2.45) is 5.10 Å². The second kappa shape index (κ2) is 8.56. The maximum Gasteiger partial charge on any atom is 0.387 e. The van der Waals surface area contributed by atoms with Crippen LogP contribution in [-0.2, 0) is 4.79 Å². The molecule has 0 heterocycles. The summed E-state index contributed by atoms with van der Waals surface area (Å²) < 4.78 is 47.1. The number of rotatable bonds is 7. The smallest absolute Gasteiger partial charge is 0.387 e. The fourth-order valence-corrected chi connectivity index (χ4v) is 1.70. The normalized spacial score (nSPS) is 10.8. The third-order valence-corrected chi connectivity index (χ3v) is 2.72. The fraction of sp³-hybridized carbons (Fsp3) is 0.125. The maximum absolute atomic E-state index is 13.3. The fourth-order valence-electron chi connectivity index (χ4n) is 1.70. The lowest BCUT2D eigenvalue weighted by Gasteiger charge is -2.07. The van der Waals surface area contributed by atoms with Gasteiger partial charge in [-0.2, -0.15) is 13.9 Å². The highest BCUT2D eigenvalue weighted by Gasteiger charge is 2.08. The molecule has 0 unspecified atom stereocenters. The van der Waals surface area contributed by atoms with Gasteiger partial charge in [0, 0.05) is 5.56 Å². The van der Waals surface area contributed by atoms with E-state index < -0.39 is 24.9 Å². The zero-order chi connectivity index (χ0) is 17.4. The van der Waals surface area contributed by atoms with Crippen molar-refractivity contribution >= 4 is 12.1 Å². The molecule has 0 saturated carbocycles. The van der Waals surface area contributed by atoms with E-state index in [2.05, 4.69) is 15.3 Å². The highest BCUT2D eigenvalue weighted by Crippen LogP contribution is 2.18. The molecule has 0 aliphatic carbocycles. The van der Waals surface area contributed by atoms with Crippen molar-refractivity contribution in [3.05, 3.63) is 59.9 Å². The maximum atomic E-state index is 13.3. The lowest BCUT2D eigenvalue weighted by molar-refractivity contribution is -0.123. The average Bonchev–Trinajstić information content (AvgIpc) is 2.55. The number of carbonyl (C=O) groups excluding carboxylic acids is 1. The van der Waals surface area contributed by atoms with Crippen molar-refractivity contribution in [1.29, 1.82) is 0 Å². The molecule has 0 aromatic heterocycles. The van der Waals surface area contributed by atoms with Crippen LogP contribution in [0.5, 0.6) is 11.5 Å². The van der Waals surface area contributed by atoms with Crippen LogP contribution in [0.2, 0.25) is 0 Å². The molecule has 2 aromatic rings. The topological polar surface area (TPSA) is 59.9 Å². The highest BCUT2D eigenvalue weighted by atomic mass is 19.3. The largest absolute Gasteiger partial charge is 0.481 e. The summed E-state index contributed by atoms with van der Waals surface area (Å²) in [5.74, 6) is -1.37. The summed E-state index contributed by atoms with van der Waals surface area (Å²) >= 11 is 0. The van der Waals surface area contributed by atoms with Gasteiger partial charge in [0.05, 0.1) is 6.21 Å². The molecule has 126 valence electrons. The number of alkyl halides is 2. The molecule has 0 saturated heterocycles. The van der Waals surface area contributed by atoms with E-state index in [1.165, 1.54) is 36.4 Å². The van der Waals surface area contributed by atoms with E-state index in [9.17, 15) is 18.0 Å². The quantitative estimate of drug-likeness (QED) is 0.624. The van der Waals surface area contributed by atoms with E-state index in [-0.39, 0.29) is 17.1 Å². The first-order valence-corrected chi connectivity index (χ1v) is 6.79. The lowest BCUT2D eigenvalue weighted by Crippen LogP contribution is -2.24. The summed E-state index contributed by atoms with van der Waals surface area (Å²) in [4.78, 5) is 11.6. The highest BCUT2D eigenvalue weighted by molar-refractivity contribution is 5.85. The minimum absolute atomic E-state index is 0.0627. The molecular formula is C16H13F3N2O3. The molecular weight excluding hydrogens is 325 g/mol. The number of nitrogens with one attached hydrogen (secondary N) is 1. The van der Waals surface area contributed by atoms with Crippen molar-refractivity contribution in [3.63, 3.8) is 0 Å². The van der Waals surface area contributed by atoms with E-state index >= 15 is 0 Å². The molecule has 0 radical (unpaired) electrons. The number of amides is 1. The third-order valence-electron chi connectivity index (χ3n) is 2.72. The van der Waals surface area contributed by atoms with Crippen molar-refractivity contribution in [2.45, 2.75) is 6.61 Å². The summed E-state index contributed by atoms with van der Waals surface area (Å²) in [5.41, 5.74) is 2.40. The molecule has 1 N–H and O–H groups in total. The van der Waals surface area contributed by atoms with Crippen LogP contribution in [-0.4, -0.2) is 25.3 Å². The molecule has 0 fully saturated rings. The van der Waals surface area contributed by atoms with Crippen molar-refractivity contribution in [3.8, 4) is 11.5 Å². The van der Waals surface area contributed by atoms with Crippen molar-refractivity contribution in [2.75, 3.05) is 6.61 Å². The number of benzene rings is 2. The molecule has 0 atom stereocenters. The molecule has 1 amide bonds. The molecule has 24 heavy (non-hydrogen) atoms. The Morgan fingerprint density at radius 1 is 1.12 bits per heavy atom. The SMILES string of the molecule is O=C(COc1ccccc1F)NN=Cc1ccccc1OC(F)F. The molecule has 8 heteroatoms. The Morgan fingerprint density at radius 3 is 2.50 bits per heavy atom. The van der Waals surface area contributed by atoms with Gasteiger partial charge in [0.25, 0.3) is 5.91 Å². The van der Waals surface area contributed by atoms with E-state index in [0.717, 1.165) is 6.21 Å². The number of hydrazone groups is 1. The van der Waals surface area contributed by atoms with Gasteiger partial charge < -0.3 is 9.47 Å². The van der Waals surface area contributed by atoms with Gasteiger partial charge in [0.2, 0.25) is 0 Å². The number of carbonyl (C=O) groups is 1. The van der Waals surface area contributed by atoms with Crippen LogP contribution in [0.4, 0.5) is 13.2 Å². The van der Waals surface area contributed by atoms with Gasteiger partial charge in [0.15, 0.2) is 18.2 Å². The predicted octanol–water partition coefficient (Wildman–Crippen LogP) is 2.96. The van der Waals surface area contributed by atoms with Gasteiger partial charge in [-0.25, -0.2) is 9.82 Å². The third kappa shape index (κ3) is 5.31. The molecule has 0 bridgehead atoms. The summed E-state index contributed by atoms with van der Waals surface area (Å²) in [5, 5.41) is 3.62. The van der Waals surface area contributed by atoms with Gasteiger partial charge in [-0.1, -0.05) is 24.3 Å². The Balaban J connectivity index is 1.88. The molecule has 2 rings (SSSR count). The molecule has 5 nitrogen and oxygen atoms in total. The Morgan fingerprint density at radius 2 is 1.79 bits per heavy atom. The Bertz CT molecular complexity index is 723. The van der Waals surface area contributed by atoms with E-state index in [1.807, 2.05) is 0 Å². The zero-order valence-electron chi connectivity index (χ0n) is 12.3. The van der Waals surface area contributed by atoms with Crippen molar-refractivity contribution in [1.82, 2.24) is 5.43 Å². The number of hydrogen-bond acceptors (Lipinski definition) is 4. The van der Waals surface area contributed by atoms with Crippen LogP contribution >= 0.6 is 0 Å². The number of halogens is 3. The van der Waals surface area contributed by atoms with Gasteiger partial charge in [-0.15, -0.1) is 0 Å². The molecule has 0 aliphatic heterocycles. The van der Waals surface area contributed by atoms with Gasteiger partial charge in [-0.3, -0.25) is 4.79 Å². The first-order chi connectivity index (χ1) is 11.6. The van der Waals surface area contributed by atoms with E-state index in [0.29, 0.717) is 0 Å². The summed E-state index contributed by atoms with van der Waals surface area (Å²) in [6.45, 7) is -3.42. The van der Waals surface area contributed by atoms with Gasteiger partial charge >= 0.3 is 6.61 Å². The van der Waals surface area contributed by atoms with Gasteiger partial charge in [-0.05, 0) is 24.3 Å². The van der Waals surface area contributed by atoms with Crippen LogP contribution in [0.15, 0.2) is 53.6 Å². The Kier molecular flexibility index (Phi) is 6.18. The minimum atomic E-state index is -2.97. The van der Waals surface area contributed by atoms with E-state index in [1.54, 1.807) is 12.1 Å². The van der Waals surface area contributed by atoms with Crippen LogP contribution in [0.3, 0.4) is 0 Å².